The van der Waals surface area contributed by atoms with E-state index < -0.39 is 11.8 Å². The van der Waals surface area contributed by atoms with Gasteiger partial charge in [-0.3, -0.25) is 9.59 Å². The van der Waals surface area contributed by atoms with Crippen molar-refractivity contribution < 1.29 is 9.59 Å². The Morgan fingerprint density at radius 2 is 1.95 bits per heavy atom. The molecule has 1 aliphatic rings. The maximum Gasteiger partial charge on any atom is 0.309 e. The van der Waals surface area contributed by atoms with E-state index in [2.05, 4.69) is 28.1 Å². The van der Waals surface area contributed by atoms with Crippen LogP contribution in [0, 0.1) is 0 Å². The lowest BCUT2D eigenvalue weighted by Crippen LogP contribution is -2.48. The van der Waals surface area contributed by atoms with Crippen molar-refractivity contribution in [3.63, 3.8) is 0 Å². The summed E-state index contributed by atoms with van der Waals surface area (Å²) < 4.78 is 0. The van der Waals surface area contributed by atoms with E-state index in [0.717, 1.165) is 12.8 Å². The third-order valence-corrected chi connectivity index (χ3v) is 5.18. The van der Waals surface area contributed by atoms with Gasteiger partial charge in [-0.2, -0.15) is 0 Å². The van der Waals surface area contributed by atoms with Crippen molar-refractivity contribution in [2.45, 2.75) is 57.4 Å². The quantitative estimate of drug-likeness (QED) is 0.840. The van der Waals surface area contributed by atoms with Gasteiger partial charge in [-0.25, -0.2) is 0 Å². The average Bonchev–Trinajstić information content (AvgIpc) is 3.00. The molecule has 1 heterocycles. The van der Waals surface area contributed by atoms with Gasteiger partial charge in [-0.15, -0.1) is 11.3 Å². The molecule has 0 saturated heterocycles. The fourth-order valence-electron chi connectivity index (χ4n) is 2.98. The van der Waals surface area contributed by atoms with Gasteiger partial charge in [-0.05, 0) is 38.1 Å². The molecule has 0 spiro atoms. The first kappa shape index (κ1) is 16.0. The lowest BCUT2D eigenvalue weighted by Gasteiger charge is -2.36. The molecule has 21 heavy (non-hydrogen) atoms. The Hall–Kier alpha value is -1.36. The van der Waals surface area contributed by atoms with Gasteiger partial charge in [0.1, 0.15) is 0 Å². The Morgan fingerprint density at radius 1 is 1.24 bits per heavy atom. The number of nitrogens with one attached hydrogen (secondary N) is 2. The van der Waals surface area contributed by atoms with Crippen LogP contribution in [0.3, 0.4) is 0 Å². The molecular formula is C16H24N2O2S. The van der Waals surface area contributed by atoms with Gasteiger partial charge in [0.25, 0.3) is 0 Å². The van der Waals surface area contributed by atoms with Crippen LogP contribution >= 0.6 is 11.3 Å². The summed E-state index contributed by atoms with van der Waals surface area (Å²) in [7, 11) is 0. The van der Waals surface area contributed by atoms with Crippen molar-refractivity contribution in [2.75, 3.05) is 6.54 Å². The zero-order valence-electron chi connectivity index (χ0n) is 12.8. The maximum atomic E-state index is 11.9. The number of amides is 2. The lowest BCUT2D eigenvalue weighted by atomic mass is 9.73. The summed E-state index contributed by atoms with van der Waals surface area (Å²) in [5, 5.41) is 7.55. The summed E-state index contributed by atoms with van der Waals surface area (Å²) in [4.78, 5) is 24.9. The van der Waals surface area contributed by atoms with Crippen LogP contribution in [-0.2, 0) is 15.0 Å². The third-order valence-electron chi connectivity index (χ3n) is 4.07. The minimum Gasteiger partial charge on any atom is -0.347 e. The van der Waals surface area contributed by atoms with Crippen LogP contribution in [0.25, 0.3) is 0 Å². The molecule has 2 rings (SSSR count). The molecule has 1 aromatic heterocycles. The van der Waals surface area contributed by atoms with Gasteiger partial charge < -0.3 is 10.6 Å². The number of thiophene rings is 1. The molecule has 0 unspecified atom stereocenters. The second-order valence-electron chi connectivity index (χ2n) is 6.13. The molecule has 1 aliphatic carbocycles. The summed E-state index contributed by atoms with van der Waals surface area (Å²) in [5.74, 6) is -1.06. The van der Waals surface area contributed by atoms with Crippen molar-refractivity contribution in [3.05, 3.63) is 22.4 Å². The van der Waals surface area contributed by atoms with Gasteiger partial charge >= 0.3 is 11.8 Å². The number of carbonyl (C=O) groups excluding carboxylic acids is 2. The Balaban J connectivity index is 2.00. The predicted octanol–water partition coefficient (Wildman–Crippen LogP) is 2.59. The lowest BCUT2D eigenvalue weighted by molar-refractivity contribution is -0.139. The Labute approximate surface area is 130 Å². The Bertz CT molecular complexity index is 476. The van der Waals surface area contributed by atoms with Gasteiger partial charge in [0.05, 0.1) is 0 Å². The largest absolute Gasteiger partial charge is 0.347 e. The second-order valence-corrected chi connectivity index (χ2v) is 7.08. The maximum absolute atomic E-state index is 11.9. The van der Waals surface area contributed by atoms with Crippen LogP contribution in [-0.4, -0.2) is 24.4 Å². The fraction of sp³-hybridized carbons (Fsp3) is 0.625. The second kappa shape index (κ2) is 7.07. The van der Waals surface area contributed by atoms with Crippen molar-refractivity contribution in [3.8, 4) is 0 Å². The molecule has 1 fully saturated rings. The number of rotatable bonds is 4. The SMILES string of the molecule is CC(C)NC(=O)C(=O)NCC1(c2cccs2)CCCCC1. The van der Waals surface area contributed by atoms with Crippen LogP contribution in [0.15, 0.2) is 17.5 Å². The molecule has 5 heteroatoms. The highest BCUT2D eigenvalue weighted by Gasteiger charge is 2.35. The highest BCUT2D eigenvalue weighted by atomic mass is 32.1. The molecule has 116 valence electrons. The predicted molar refractivity (Wildman–Crippen MR) is 85.4 cm³/mol. The van der Waals surface area contributed by atoms with Gasteiger partial charge in [0.2, 0.25) is 0 Å². The van der Waals surface area contributed by atoms with Crippen molar-refractivity contribution >= 4 is 23.2 Å². The summed E-state index contributed by atoms with van der Waals surface area (Å²) in [6, 6.07) is 4.18. The molecule has 0 atom stereocenters. The summed E-state index contributed by atoms with van der Waals surface area (Å²) in [5.41, 5.74) is 0.0141. The molecule has 4 nitrogen and oxygen atoms in total. The molecule has 0 aromatic carbocycles. The highest BCUT2D eigenvalue weighted by molar-refractivity contribution is 7.10. The fourth-order valence-corrected chi connectivity index (χ4v) is 3.96. The Kier molecular flexibility index (Phi) is 5.39. The smallest absolute Gasteiger partial charge is 0.309 e. The average molecular weight is 308 g/mol. The van der Waals surface area contributed by atoms with E-state index in [0.29, 0.717) is 6.54 Å². The number of hydrogen-bond acceptors (Lipinski definition) is 3. The van der Waals surface area contributed by atoms with Crippen LogP contribution in [0.2, 0.25) is 0 Å². The standard InChI is InChI=1S/C16H24N2O2S/c1-12(2)18-15(20)14(19)17-11-16(8-4-3-5-9-16)13-7-6-10-21-13/h6-7,10,12H,3-5,8-9,11H2,1-2H3,(H,17,19)(H,18,20). The highest BCUT2D eigenvalue weighted by Crippen LogP contribution is 2.40. The van der Waals surface area contributed by atoms with Crippen LogP contribution in [0.4, 0.5) is 0 Å². The van der Waals surface area contributed by atoms with E-state index in [4.69, 9.17) is 0 Å². The molecule has 2 N–H and O–H groups in total. The van der Waals surface area contributed by atoms with E-state index >= 15 is 0 Å². The minimum absolute atomic E-state index is 0.0141. The zero-order chi connectivity index (χ0) is 15.3. The van der Waals surface area contributed by atoms with Crippen LogP contribution in [0.1, 0.15) is 50.8 Å². The van der Waals surface area contributed by atoms with Gasteiger partial charge in [0, 0.05) is 22.9 Å². The van der Waals surface area contributed by atoms with Crippen molar-refractivity contribution in [1.82, 2.24) is 10.6 Å². The first-order valence-electron chi connectivity index (χ1n) is 7.66. The van der Waals surface area contributed by atoms with Crippen molar-refractivity contribution in [1.29, 1.82) is 0 Å². The first-order chi connectivity index (χ1) is 10.0. The molecule has 1 saturated carbocycles. The number of carbonyl (C=O) groups is 2. The third kappa shape index (κ3) is 4.06. The van der Waals surface area contributed by atoms with E-state index in [1.807, 2.05) is 13.8 Å². The normalized spacial score (nSPS) is 17.5. The molecule has 1 aromatic rings. The van der Waals surface area contributed by atoms with E-state index in [-0.39, 0.29) is 11.5 Å². The van der Waals surface area contributed by atoms with Gasteiger partial charge in [-0.1, -0.05) is 25.3 Å². The summed E-state index contributed by atoms with van der Waals surface area (Å²) in [6.45, 7) is 4.25. The van der Waals surface area contributed by atoms with Crippen molar-refractivity contribution in [2.24, 2.45) is 0 Å². The van der Waals surface area contributed by atoms with Gasteiger partial charge in [0.15, 0.2) is 0 Å². The minimum atomic E-state index is -0.540. The first-order valence-corrected chi connectivity index (χ1v) is 8.54. The van der Waals surface area contributed by atoms with Crippen LogP contribution in [0.5, 0.6) is 0 Å². The topological polar surface area (TPSA) is 58.2 Å². The molecule has 0 radical (unpaired) electrons. The van der Waals surface area contributed by atoms with E-state index in [1.165, 1.54) is 24.1 Å². The molecule has 2 amide bonds. The summed E-state index contributed by atoms with van der Waals surface area (Å²) in [6.07, 6.45) is 5.80. The molecular weight excluding hydrogens is 284 g/mol. The van der Waals surface area contributed by atoms with Crippen LogP contribution < -0.4 is 10.6 Å². The zero-order valence-corrected chi connectivity index (χ0v) is 13.6. The van der Waals surface area contributed by atoms with E-state index in [9.17, 15) is 9.59 Å². The number of hydrogen-bond donors (Lipinski definition) is 2. The van der Waals surface area contributed by atoms with E-state index in [1.54, 1.807) is 11.3 Å². The summed E-state index contributed by atoms with van der Waals surface area (Å²) >= 11 is 1.75. The Morgan fingerprint density at radius 3 is 2.52 bits per heavy atom. The molecule has 0 bridgehead atoms. The monoisotopic (exact) mass is 308 g/mol. The molecule has 0 aliphatic heterocycles.